The lowest BCUT2D eigenvalue weighted by Gasteiger charge is -1.96. The maximum Gasteiger partial charge on any atom is 0.346 e. The van der Waals surface area contributed by atoms with E-state index in [2.05, 4.69) is 9.84 Å². The van der Waals surface area contributed by atoms with Crippen LogP contribution < -0.4 is 11.4 Å². The second kappa shape index (κ2) is 6.63. The number of esters is 1. The number of H-pyrrole nitrogens is 1. The van der Waals surface area contributed by atoms with Crippen molar-refractivity contribution in [2.45, 2.75) is 25.8 Å². The quantitative estimate of drug-likeness (QED) is 0.432. The summed E-state index contributed by atoms with van der Waals surface area (Å²) in [6.45, 7) is 0.313. The second-order valence-electron chi connectivity index (χ2n) is 3.81. The minimum Gasteiger partial charge on any atom is -0.469 e. The highest BCUT2D eigenvalue weighted by Gasteiger charge is 2.02. The molecule has 100 valence electrons. The Labute approximate surface area is 104 Å². The Balaban J connectivity index is 2.37. The molecule has 1 rings (SSSR count). The molecule has 0 amide bonds. The first kappa shape index (κ1) is 14.0. The van der Waals surface area contributed by atoms with Crippen LogP contribution in [-0.2, 0) is 23.1 Å². The van der Waals surface area contributed by atoms with Crippen molar-refractivity contribution in [1.82, 2.24) is 14.3 Å². The van der Waals surface area contributed by atoms with Crippen LogP contribution >= 0.6 is 0 Å². The van der Waals surface area contributed by atoms with Gasteiger partial charge in [0, 0.05) is 13.5 Å². The lowest BCUT2D eigenvalue weighted by atomic mass is 10.2. The molecule has 0 aliphatic carbocycles. The Morgan fingerprint density at radius 2 is 2.11 bits per heavy atom. The number of unbranched alkanes of at least 4 members (excludes halogenated alkanes) is 1. The zero-order valence-corrected chi connectivity index (χ0v) is 10.5. The van der Waals surface area contributed by atoms with Crippen molar-refractivity contribution in [1.29, 1.82) is 0 Å². The number of hydrogen-bond acceptors (Lipinski definition) is 4. The van der Waals surface area contributed by atoms with E-state index < -0.39 is 5.69 Å². The fourth-order valence-corrected chi connectivity index (χ4v) is 1.39. The van der Waals surface area contributed by atoms with Crippen LogP contribution in [0.25, 0.3) is 0 Å². The van der Waals surface area contributed by atoms with Gasteiger partial charge in [-0.15, -0.1) is 0 Å². The molecule has 0 aliphatic heterocycles. The smallest absolute Gasteiger partial charge is 0.346 e. The Kier molecular flexibility index (Phi) is 5.16. The van der Waals surface area contributed by atoms with Crippen molar-refractivity contribution >= 4 is 5.97 Å². The van der Waals surface area contributed by atoms with Gasteiger partial charge in [-0.05, 0) is 12.8 Å². The minimum atomic E-state index is -0.431. The molecule has 0 spiro atoms. The predicted octanol–water partition coefficient (Wildman–Crippen LogP) is -0.225. The van der Waals surface area contributed by atoms with Gasteiger partial charge in [0.15, 0.2) is 0 Å². The number of nitrogens with zero attached hydrogens (tertiary/aromatic N) is 2. The summed E-state index contributed by atoms with van der Waals surface area (Å²) in [4.78, 5) is 33.4. The molecular formula is C11H17N3O4. The minimum absolute atomic E-state index is 0.230. The first-order valence-corrected chi connectivity index (χ1v) is 5.64. The number of allylic oxidation sites excluding steroid dienone is 2. The molecule has 7 nitrogen and oxygen atoms in total. The van der Waals surface area contributed by atoms with Gasteiger partial charge in [0.25, 0.3) is 0 Å². The molecule has 18 heavy (non-hydrogen) atoms. The Morgan fingerprint density at radius 1 is 1.39 bits per heavy atom. The van der Waals surface area contributed by atoms with E-state index in [9.17, 15) is 14.4 Å². The summed E-state index contributed by atoms with van der Waals surface area (Å²) < 4.78 is 6.73. The monoisotopic (exact) mass is 255 g/mol. The van der Waals surface area contributed by atoms with E-state index in [1.165, 1.54) is 18.8 Å². The van der Waals surface area contributed by atoms with E-state index in [0.29, 0.717) is 19.4 Å². The molecule has 0 aliphatic rings. The third-order valence-corrected chi connectivity index (χ3v) is 2.49. The molecule has 1 N–H and O–H groups in total. The van der Waals surface area contributed by atoms with Crippen molar-refractivity contribution in [3.8, 4) is 0 Å². The lowest BCUT2D eigenvalue weighted by Crippen LogP contribution is -2.25. The second-order valence-corrected chi connectivity index (χ2v) is 3.81. The summed E-state index contributed by atoms with van der Waals surface area (Å²) in [5, 5.41) is 2.42. The molecule has 7 heteroatoms. The number of methoxy groups -OCH3 is 1. The molecule has 0 atom stereocenters. The van der Waals surface area contributed by atoms with Crippen molar-refractivity contribution < 1.29 is 9.53 Å². The molecule has 0 bridgehead atoms. The number of rotatable bonds is 6. The summed E-state index contributed by atoms with van der Waals surface area (Å²) in [6.07, 6.45) is 5.43. The molecule has 0 saturated heterocycles. The van der Waals surface area contributed by atoms with Crippen molar-refractivity contribution in [2.75, 3.05) is 7.11 Å². The maximum atomic E-state index is 11.4. The maximum absolute atomic E-state index is 11.4. The number of hydrogen-bond donors (Lipinski definition) is 1. The molecule has 1 aromatic rings. The first-order chi connectivity index (χ1) is 8.56. The predicted molar refractivity (Wildman–Crippen MR) is 65.3 cm³/mol. The molecule has 0 saturated carbocycles. The fourth-order valence-electron chi connectivity index (χ4n) is 1.39. The van der Waals surface area contributed by atoms with Crippen LogP contribution in [0.5, 0.6) is 0 Å². The van der Waals surface area contributed by atoms with Crippen LogP contribution in [0.2, 0.25) is 0 Å². The molecule has 0 unspecified atom stereocenters. The van der Waals surface area contributed by atoms with Crippen LogP contribution in [0, 0.1) is 0 Å². The van der Waals surface area contributed by atoms with Crippen LogP contribution in [0.1, 0.15) is 19.3 Å². The number of carbonyl (C=O) groups is 1. The average molecular weight is 255 g/mol. The summed E-state index contributed by atoms with van der Waals surface area (Å²) >= 11 is 0. The largest absolute Gasteiger partial charge is 0.469 e. The van der Waals surface area contributed by atoms with Gasteiger partial charge in [0.2, 0.25) is 0 Å². The number of aromatic amines is 1. The molecule has 1 aromatic heterocycles. The average Bonchev–Trinajstić information content (AvgIpc) is 2.61. The molecular weight excluding hydrogens is 238 g/mol. The van der Waals surface area contributed by atoms with Crippen molar-refractivity contribution in [3.05, 3.63) is 33.1 Å². The van der Waals surface area contributed by atoms with Gasteiger partial charge in [-0.25, -0.2) is 23.9 Å². The van der Waals surface area contributed by atoms with E-state index in [4.69, 9.17) is 0 Å². The standard InChI is InChI=1S/C11H17N3O4/c1-13-10(16)12-14(11(13)17)8-6-4-3-5-7-9(15)18-2/h4,6H,3,5,7-8H2,1-2H3,(H,12,16). The third kappa shape index (κ3) is 3.76. The molecule has 0 aromatic carbocycles. The summed E-state index contributed by atoms with van der Waals surface area (Å²) in [7, 11) is 2.77. The lowest BCUT2D eigenvalue weighted by molar-refractivity contribution is -0.140. The van der Waals surface area contributed by atoms with Crippen molar-refractivity contribution in [2.24, 2.45) is 7.05 Å². The summed E-state index contributed by atoms with van der Waals surface area (Å²) in [6, 6.07) is 0. The van der Waals surface area contributed by atoms with Crippen LogP contribution in [0.15, 0.2) is 21.7 Å². The summed E-state index contributed by atoms with van der Waals surface area (Å²) in [5.41, 5.74) is -0.807. The van der Waals surface area contributed by atoms with Gasteiger partial charge < -0.3 is 4.74 Å². The number of carbonyl (C=O) groups excluding carboxylic acids is 1. The zero-order valence-electron chi connectivity index (χ0n) is 10.5. The first-order valence-electron chi connectivity index (χ1n) is 5.64. The van der Waals surface area contributed by atoms with Gasteiger partial charge in [-0.1, -0.05) is 12.2 Å². The van der Waals surface area contributed by atoms with E-state index in [1.54, 1.807) is 6.08 Å². The van der Waals surface area contributed by atoms with Crippen LogP contribution in [0.3, 0.4) is 0 Å². The number of aromatic nitrogens is 3. The van der Waals surface area contributed by atoms with Crippen LogP contribution in [0.4, 0.5) is 0 Å². The molecule has 1 heterocycles. The Morgan fingerprint density at radius 3 is 2.67 bits per heavy atom. The van der Waals surface area contributed by atoms with Gasteiger partial charge in [-0.2, -0.15) is 0 Å². The fraction of sp³-hybridized carbons (Fsp3) is 0.545. The SMILES string of the molecule is COC(=O)CCCC=CCn1[nH]c(=O)n(C)c1=O. The van der Waals surface area contributed by atoms with E-state index in [1.807, 2.05) is 6.08 Å². The highest BCUT2D eigenvalue weighted by Crippen LogP contribution is 1.98. The molecule has 0 radical (unpaired) electrons. The van der Waals surface area contributed by atoms with Crippen molar-refractivity contribution in [3.63, 3.8) is 0 Å². The van der Waals surface area contributed by atoms with Gasteiger partial charge in [-0.3, -0.25) is 4.79 Å². The highest BCUT2D eigenvalue weighted by molar-refractivity contribution is 5.68. The van der Waals surface area contributed by atoms with E-state index in [0.717, 1.165) is 11.0 Å². The van der Waals surface area contributed by atoms with E-state index >= 15 is 0 Å². The third-order valence-electron chi connectivity index (χ3n) is 2.49. The Hall–Kier alpha value is -2.05. The van der Waals surface area contributed by atoms with Gasteiger partial charge in [0.1, 0.15) is 0 Å². The Bertz CT molecular complexity index is 535. The number of ether oxygens (including phenoxy) is 1. The topological polar surface area (TPSA) is 86.1 Å². The van der Waals surface area contributed by atoms with Gasteiger partial charge in [0.05, 0.1) is 13.7 Å². The zero-order chi connectivity index (χ0) is 13.5. The normalized spacial score (nSPS) is 11.0. The van der Waals surface area contributed by atoms with Gasteiger partial charge >= 0.3 is 17.3 Å². The molecule has 0 fully saturated rings. The highest BCUT2D eigenvalue weighted by atomic mass is 16.5. The summed E-state index contributed by atoms with van der Waals surface area (Å²) in [5.74, 6) is -0.230. The van der Waals surface area contributed by atoms with E-state index in [-0.39, 0.29) is 11.7 Å². The van der Waals surface area contributed by atoms with Crippen LogP contribution in [-0.4, -0.2) is 27.4 Å². The number of nitrogens with one attached hydrogen (secondary N) is 1.